The molecule has 15 heavy (non-hydrogen) atoms. The Hall–Kier alpha value is -1.09. The fourth-order valence-electron chi connectivity index (χ4n) is 1.58. The van der Waals surface area contributed by atoms with E-state index in [4.69, 9.17) is 18.0 Å². The van der Waals surface area contributed by atoms with Crippen LogP contribution in [0.5, 0.6) is 0 Å². The minimum absolute atomic E-state index is 0.458. The molecule has 0 aromatic heterocycles. The number of hydrogen-bond acceptors (Lipinski definition) is 2. The minimum atomic E-state index is 0.458. The SMILES string of the molecule is NC(=S)c1ccc(NCCC2CC2)cc1. The molecular formula is C12H16N2S. The monoisotopic (exact) mass is 220 g/mol. The highest BCUT2D eigenvalue weighted by Crippen LogP contribution is 2.32. The van der Waals surface area contributed by atoms with E-state index >= 15 is 0 Å². The van der Waals surface area contributed by atoms with Gasteiger partial charge in [0.25, 0.3) is 0 Å². The summed E-state index contributed by atoms with van der Waals surface area (Å²) in [5, 5.41) is 3.40. The Morgan fingerprint density at radius 1 is 1.33 bits per heavy atom. The van der Waals surface area contributed by atoms with Crippen LogP contribution in [0, 0.1) is 5.92 Å². The first-order chi connectivity index (χ1) is 7.25. The Bertz CT molecular complexity index is 341. The van der Waals surface area contributed by atoms with Crippen LogP contribution < -0.4 is 11.1 Å². The third-order valence-electron chi connectivity index (χ3n) is 2.75. The van der Waals surface area contributed by atoms with Crippen molar-refractivity contribution in [3.63, 3.8) is 0 Å². The van der Waals surface area contributed by atoms with Crippen molar-refractivity contribution >= 4 is 22.9 Å². The van der Waals surface area contributed by atoms with E-state index in [1.807, 2.05) is 24.3 Å². The average molecular weight is 220 g/mol. The summed E-state index contributed by atoms with van der Waals surface area (Å²) >= 11 is 4.89. The second-order valence-corrected chi connectivity index (χ2v) is 4.54. The summed E-state index contributed by atoms with van der Waals surface area (Å²) in [4.78, 5) is 0.458. The van der Waals surface area contributed by atoms with Gasteiger partial charge in [0, 0.05) is 17.8 Å². The van der Waals surface area contributed by atoms with Gasteiger partial charge in [0.1, 0.15) is 4.99 Å². The molecule has 0 heterocycles. The van der Waals surface area contributed by atoms with Crippen molar-refractivity contribution in [1.82, 2.24) is 0 Å². The van der Waals surface area contributed by atoms with Crippen LogP contribution in [0.2, 0.25) is 0 Å². The number of thiocarbonyl (C=S) groups is 1. The zero-order chi connectivity index (χ0) is 10.7. The molecule has 0 amide bonds. The molecule has 2 nitrogen and oxygen atoms in total. The molecule has 0 aliphatic heterocycles. The first-order valence-corrected chi connectivity index (χ1v) is 5.80. The van der Waals surface area contributed by atoms with Gasteiger partial charge in [-0.1, -0.05) is 25.1 Å². The van der Waals surface area contributed by atoms with Crippen molar-refractivity contribution in [1.29, 1.82) is 0 Å². The van der Waals surface area contributed by atoms with Crippen LogP contribution in [-0.2, 0) is 0 Å². The maximum atomic E-state index is 5.52. The standard InChI is InChI=1S/C12H16N2S/c13-12(15)10-3-5-11(6-4-10)14-8-7-9-1-2-9/h3-6,9,14H,1-2,7-8H2,(H2,13,15). The fourth-order valence-corrected chi connectivity index (χ4v) is 1.72. The van der Waals surface area contributed by atoms with Gasteiger partial charge in [-0.25, -0.2) is 0 Å². The van der Waals surface area contributed by atoms with Crippen molar-refractivity contribution in [2.24, 2.45) is 11.7 Å². The van der Waals surface area contributed by atoms with Crippen LogP contribution in [0.25, 0.3) is 0 Å². The van der Waals surface area contributed by atoms with Crippen LogP contribution in [-0.4, -0.2) is 11.5 Å². The quantitative estimate of drug-likeness (QED) is 0.749. The van der Waals surface area contributed by atoms with Gasteiger partial charge in [-0.05, 0) is 36.6 Å². The van der Waals surface area contributed by atoms with E-state index in [1.54, 1.807) is 0 Å². The van der Waals surface area contributed by atoms with E-state index in [-0.39, 0.29) is 0 Å². The Kier molecular flexibility index (Phi) is 3.21. The van der Waals surface area contributed by atoms with E-state index in [2.05, 4.69) is 5.32 Å². The van der Waals surface area contributed by atoms with Gasteiger partial charge >= 0.3 is 0 Å². The molecule has 2 rings (SSSR count). The Balaban J connectivity index is 1.83. The molecule has 0 atom stereocenters. The number of benzene rings is 1. The maximum Gasteiger partial charge on any atom is 0.103 e. The molecule has 3 N–H and O–H groups in total. The molecule has 0 bridgehead atoms. The zero-order valence-corrected chi connectivity index (χ0v) is 9.52. The molecule has 0 spiro atoms. The van der Waals surface area contributed by atoms with Gasteiger partial charge < -0.3 is 11.1 Å². The van der Waals surface area contributed by atoms with Gasteiger partial charge in [0.2, 0.25) is 0 Å². The predicted molar refractivity (Wildman–Crippen MR) is 68.2 cm³/mol. The lowest BCUT2D eigenvalue weighted by atomic mass is 10.2. The molecule has 0 saturated heterocycles. The summed E-state index contributed by atoms with van der Waals surface area (Å²) in [6, 6.07) is 7.98. The van der Waals surface area contributed by atoms with Crippen LogP contribution >= 0.6 is 12.2 Å². The zero-order valence-electron chi connectivity index (χ0n) is 8.70. The summed E-state index contributed by atoms with van der Waals surface area (Å²) < 4.78 is 0. The fraction of sp³-hybridized carbons (Fsp3) is 0.417. The first-order valence-electron chi connectivity index (χ1n) is 5.39. The van der Waals surface area contributed by atoms with Crippen molar-refractivity contribution < 1.29 is 0 Å². The summed E-state index contributed by atoms with van der Waals surface area (Å²) in [7, 11) is 0. The van der Waals surface area contributed by atoms with Gasteiger partial charge in [0.15, 0.2) is 0 Å². The van der Waals surface area contributed by atoms with E-state index in [9.17, 15) is 0 Å². The second kappa shape index (κ2) is 4.62. The first kappa shape index (κ1) is 10.4. The largest absolute Gasteiger partial charge is 0.389 e. The van der Waals surface area contributed by atoms with Crippen molar-refractivity contribution in [3.05, 3.63) is 29.8 Å². The third kappa shape index (κ3) is 3.20. The van der Waals surface area contributed by atoms with Crippen LogP contribution in [0.3, 0.4) is 0 Å². The molecule has 3 heteroatoms. The molecule has 0 radical (unpaired) electrons. The summed E-state index contributed by atoms with van der Waals surface area (Å²) in [6.45, 7) is 1.07. The van der Waals surface area contributed by atoms with E-state index in [0.717, 1.165) is 23.7 Å². The summed E-state index contributed by atoms with van der Waals surface area (Å²) in [6.07, 6.45) is 4.13. The minimum Gasteiger partial charge on any atom is -0.389 e. The van der Waals surface area contributed by atoms with Crippen molar-refractivity contribution in [2.75, 3.05) is 11.9 Å². The number of anilines is 1. The molecule has 0 unspecified atom stereocenters. The number of hydrogen-bond donors (Lipinski definition) is 2. The highest BCUT2D eigenvalue weighted by Gasteiger charge is 2.19. The molecule has 1 saturated carbocycles. The smallest absolute Gasteiger partial charge is 0.103 e. The van der Waals surface area contributed by atoms with E-state index < -0.39 is 0 Å². The van der Waals surface area contributed by atoms with Crippen LogP contribution in [0.1, 0.15) is 24.8 Å². The number of rotatable bonds is 5. The molecule has 1 fully saturated rings. The van der Waals surface area contributed by atoms with Crippen molar-refractivity contribution in [3.8, 4) is 0 Å². The molecule has 80 valence electrons. The highest BCUT2D eigenvalue weighted by molar-refractivity contribution is 7.80. The molecule has 1 aromatic rings. The van der Waals surface area contributed by atoms with Gasteiger partial charge in [-0.3, -0.25) is 0 Å². The Morgan fingerprint density at radius 2 is 2.00 bits per heavy atom. The molecule has 1 aliphatic carbocycles. The van der Waals surface area contributed by atoms with Crippen LogP contribution in [0.15, 0.2) is 24.3 Å². The second-order valence-electron chi connectivity index (χ2n) is 4.10. The Labute approximate surface area is 95.9 Å². The van der Waals surface area contributed by atoms with E-state index in [0.29, 0.717) is 4.99 Å². The topological polar surface area (TPSA) is 38.0 Å². The average Bonchev–Trinajstić information content (AvgIpc) is 3.02. The van der Waals surface area contributed by atoms with Gasteiger partial charge in [0.05, 0.1) is 0 Å². The summed E-state index contributed by atoms with van der Waals surface area (Å²) in [5.41, 5.74) is 7.60. The lowest BCUT2D eigenvalue weighted by molar-refractivity contribution is 0.760. The normalized spacial score (nSPS) is 14.9. The summed E-state index contributed by atoms with van der Waals surface area (Å²) in [5.74, 6) is 0.980. The lowest BCUT2D eigenvalue weighted by Crippen LogP contribution is -2.09. The van der Waals surface area contributed by atoms with Gasteiger partial charge in [-0.2, -0.15) is 0 Å². The third-order valence-corrected chi connectivity index (χ3v) is 2.98. The number of nitrogens with one attached hydrogen (secondary N) is 1. The van der Waals surface area contributed by atoms with E-state index in [1.165, 1.54) is 19.3 Å². The Morgan fingerprint density at radius 3 is 2.53 bits per heavy atom. The number of nitrogens with two attached hydrogens (primary N) is 1. The molecular weight excluding hydrogens is 204 g/mol. The lowest BCUT2D eigenvalue weighted by Gasteiger charge is -2.06. The highest BCUT2D eigenvalue weighted by atomic mass is 32.1. The maximum absolute atomic E-state index is 5.52. The predicted octanol–water partition coefficient (Wildman–Crippen LogP) is 2.53. The van der Waals surface area contributed by atoms with Crippen LogP contribution in [0.4, 0.5) is 5.69 Å². The molecule has 1 aliphatic rings. The molecule has 1 aromatic carbocycles. The van der Waals surface area contributed by atoms with Crippen molar-refractivity contribution in [2.45, 2.75) is 19.3 Å². The van der Waals surface area contributed by atoms with Gasteiger partial charge in [-0.15, -0.1) is 0 Å².